The molecule has 0 fully saturated rings. The zero-order chi connectivity index (χ0) is 12.8. The van der Waals surface area contributed by atoms with Gasteiger partial charge in [0.2, 0.25) is 0 Å². The number of hydrogen-bond acceptors (Lipinski definition) is 2. The topological polar surface area (TPSA) is 26.3 Å². The molecular weight excluding hydrogens is 224 g/mol. The maximum Gasteiger partial charge on any atom is 0.150 e. The first-order valence-corrected chi connectivity index (χ1v) is 6.08. The zero-order valence-corrected chi connectivity index (χ0v) is 10.4. The molecule has 0 heterocycles. The minimum atomic E-state index is 0.550. The molecule has 0 atom stereocenters. The highest BCUT2D eigenvalue weighted by Crippen LogP contribution is 2.21. The molecular formula is C16H16O2. The van der Waals surface area contributed by atoms with E-state index in [0.29, 0.717) is 12.2 Å². The molecule has 18 heavy (non-hydrogen) atoms. The van der Waals surface area contributed by atoms with Gasteiger partial charge in [-0.2, -0.15) is 0 Å². The molecule has 0 amide bonds. The number of carbonyl (C=O) groups is 1. The SMILES string of the molecule is CCc1cc(C=O)ccc1OCc1ccccc1. The zero-order valence-electron chi connectivity index (χ0n) is 10.4. The fraction of sp³-hybridized carbons (Fsp3) is 0.188. The normalized spacial score (nSPS) is 10.1. The van der Waals surface area contributed by atoms with Gasteiger partial charge in [-0.15, -0.1) is 0 Å². The number of benzene rings is 2. The lowest BCUT2D eigenvalue weighted by molar-refractivity contribution is 0.112. The van der Waals surface area contributed by atoms with Gasteiger partial charge in [0.15, 0.2) is 0 Å². The van der Waals surface area contributed by atoms with E-state index in [2.05, 4.69) is 6.92 Å². The van der Waals surface area contributed by atoms with Crippen LogP contribution in [0.4, 0.5) is 0 Å². The van der Waals surface area contributed by atoms with Crippen molar-refractivity contribution in [2.75, 3.05) is 0 Å². The maximum atomic E-state index is 10.7. The van der Waals surface area contributed by atoms with Crippen LogP contribution in [0.25, 0.3) is 0 Å². The molecule has 2 aromatic carbocycles. The van der Waals surface area contributed by atoms with E-state index in [1.54, 1.807) is 6.07 Å². The molecule has 0 aliphatic heterocycles. The monoisotopic (exact) mass is 240 g/mol. The van der Waals surface area contributed by atoms with Gasteiger partial charge < -0.3 is 4.74 Å². The van der Waals surface area contributed by atoms with Gasteiger partial charge in [-0.05, 0) is 35.7 Å². The minimum absolute atomic E-state index is 0.550. The molecule has 0 aliphatic rings. The van der Waals surface area contributed by atoms with Crippen LogP contribution >= 0.6 is 0 Å². The summed E-state index contributed by atoms with van der Waals surface area (Å²) in [6.45, 7) is 2.60. The molecule has 0 radical (unpaired) electrons. The highest BCUT2D eigenvalue weighted by atomic mass is 16.5. The first-order chi connectivity index (χ1) is 8.83. The van der Waals surface area contributed by atoms with Crippen molar-refractivity contribution in [1.29, 1.82) is 0 Å². The van der Waals surface area contributed by atoms with Crippen LogP contribution in [0.2, 0.25) is 0 Å². The Balaban J connectivity index is 2.11. The number of hydrogen-bond donors (Lipinski definition) is 0. The summed E-state index contributed by atoms with van der Waals surface area (Å²) in [4.78, 5) is 10.7. The second-order valence-corrected chi connectivity index (χ2v) is 4.11. The molecule has 0 N–H and O–H groups in total. The third kappa shape index (κ3) is 2.98. The van der Waals surface area contributed by atoms with Crippen molar-refractivity contribution in [3.05, 3.63) is 65.2 Å². The minimum Gasteiger partial charge on any atom is -0.489 e. The average molecular weight is 240 g/mol. The van der Waals surface area contributed by atoms with Crippen LogP contribution in [0.3, 0.4) is 0 Å². The predicted octanol–water partition coefficient (Wildman–Crippen LogP) is 3.64. The van der Waals surface area contributed by atoms with Crippen LogP contribution in [0.1, 0.15) is 28.4 Å². The van der Waals surface area contributed by atoms with Crippen LogP contribution in [0.15, 0.2) is 48.5 Å². The molecule has 0 spiro atoms. The van der Waals surface area contributed by atoms with E-state index in [9.17, 15) is 4.79 Å². The third-order valence-electron chi connectivity index (χ3n) is 2.84. The van der Waals surface area contributed by atoms with Gasteiger partial charge >= 0.3 is 0 Å². The second-order valence-electron chi connectivity index (χ2n) is 4.11. The van der Waals surface area contributed by atoms with E-state index in [1.807, 2.05) is 42.5 Å². The first kappa shape index (κ1) is 12.4. The lowest BCUT2D eigenvalue weighted by Crippen LogP contribution is -1.98. The summed E-state index contributed by atoms with van der Waals surface area (Å²) >= 11 is 0. The van der Waals surface area contributed by atoms with Crippen molar-refractivity contribution in [3.8, 4) is 5.75 Å². The lowest BCUT2D eigenvalue weighted by atomic mass is 10.1. The summed E-state index contributed by atoms with van der Waals surface area (Å²) < 4.78 is 5.80. The van der Waals surface area contributed by atoms with Crippen molar-refractivity contribution < 1.29 is 9.53 Å². The summed E-state index contributed by atoms with van der Waals surface area (Å²) in [5.74, 6) is 0.854. The quantitative estimate of drug-likeness (QED) is 0.746. The number of rotatable bonds is 5. The molecule has 2 rings (SSSR count). The van der Waals surface area contributed by atoms with Crippen molar-refractivity contribution in [2.24, 2.45) is 0 Å². The molecule has 0 aliphatic carbocycles. The number of ether oxygens (including phenoxy) is 1. The van der Waals surface area contributed by atoms with Crippen molar-refractivity contribution in [3.63, 3.8) is 0 Å². The molecule has 0 bridgehead atoms. The molecule has 0 aromatic heterocycles. The van der Waals surface area contributed by atoms with Crippen molar-refractivity contribution >= 4 is 6.29 Å². The molecule has 2 heteroatoms. The Morgan fingerprint density at radius 2 is 1.89 bits per heavy atom. The highest BCUT2D eigenvalue weighted by molar-refractivity contribution is 5.75. The molecule has 92 valence electrons. The van der Waals surface area contributed by atoms with E-state index in [0.717, 1.165) is 29.6 Å². The molecule has 0 saturated heterocycles. The predicted molar refractivity (Wildman–Crippen MR) is 72.0 cm³/mol. The van der Waals surface area contributed by atoms with Gasteiger partial charge in [-0.1, -0.05) is 37.3 Å². The summed E-state index contributed by atoms with van der Waals surface area (Å²) in [5.41, 5.74) is 2.90. The summed E-state index contributed by atoms with van der Waals surface area (Å²) in [7, 11) is 0. The second kappa shape index (κ2) is 6.01. The Morgan fingerprint density at radius 3 is 2.56 bits per heavy atom. The summed E-state index contributed by atoms with van der Waals surface area (Å²) in [6.07, 6.45) is 1.71. The molecule has 2 aromatic rings. The molecule has 0 unspecified atom stereocenters. The number of aldehydes is 1. The summed E-state index contributed by atoms with van der Waals surface area (Å²) in [5, 5.41) is 0. The average Bonchev–Trinajstić information content (AvgIpc) is 2.46. The van der Waals surface area contributed by atoms with Crippen LogP contribution in [0.5, 0.6) is 5.75 Å². The first-order valence-electron chi connectivity index (χ1n) is 6.08. The summed E-state index contributed by atoms with van der Waals surface area (Å²) in [6, 6.07) is 15.6. The fourth-order valence-electron chi connectivity index (χ4n) is 1.83. The van der Waals surface area contributed by atoms with Gasteiger partial charge in [-0.3, -0.25) is 4.79 Å². The van der Waals surface area contributed by atoms with Gasteiger partial charge in [-0.25, -0.2) is 0 Å². The molecule has 0 saturated carbocycles. The largest absolute Gasteiger partial charge is 0.489 e. The van der Waals surface area contributed by atoms with Crippen LogP contribution in [-0.2, 0) is 13.0 Å². The fourth-order valence-corrected chi connectivity index (χ4v) is 1.83. The van der Waals surface area contributed by atoms with Gasteiger partial charge in [0, 0.05) is 5.56 Å². The van der Waals surface area contributed by atoms with Crippen LogP contribution < -0.4 is 4.74 Å². The van der Waals surface area contributed by atoms with Gasteiger partial charge in [0.1, 0.15) is 18.6 Å². The Kier molecular flexibility index (Phi) is 4.13. The standard InChI is InChI=1S/C16H16O2/c1-2-15-10-14(11-17)8-9-16(15)18-12-13-6-4-3-5-7-13/h3-11H,2,12H2,1H3. The number of carbonyl (C=O) groups excluding carboxylic acids is 1. The van der Waals surface area contributed by atoms with Crippen molar-refractivity contribution in [2.45, 2.75) is 20.0 Å². The van der Waals surface area contributed by atoms with E-state index in [-0.39, 0.29) is 0 Å². The number of aryl methyl sites for hydroxylation is 1. The Bertz CT molecular complexity index is 518. The van der Waals surface area contributed by atoms with E-state index < -0.39 is 0 Å². The maximum absolute atomic E-state index is 10.7. The Hall–Kier alpha value is -2.09. The Morgan fingerprint density at radius 1 is 1.11 bits per heavy atom. The van der Waals surface area contributed by atoms with Gasteiger partial charge in [0.05, 0.1) is 0 Å². The van der Waals surface area contributed by atoms with Gasteiger partial charge in [0.25, 0.3) is 0 Å². The molecule has 2 nitrogen and oxygen atoms in total. The smallest absolute Gasteiger partial charge is 0.150 e. The van der Waals surface area contributed by atoms with Crippen LogP contribution in [-0.4, -0.2) is 6.29 Å². The van der Waals surface area contributed by atoms with E-state index in [1.165, 1.54) is 0 Å². The van der Waals surface area contributed by atoms with Crippen molar-refractivity contribution in [1.82, 2.24) is 0 Å². The Labute approximate surface area is 107 Å². The third-order valence-corrected chi connectivity index (χ3v) is 2.84. The highest BCUT2D eigenvalue weighted by Gasteiger charge is 2.03. The lowest BCUT2D eigenvalue weighted by Gasteiger charge is -2.11. The van der Waals surface area contributed by atoms with Crippen LogP contribution in [0, 0.1) is 0 Å². The van der Waals surface area contributed by atoms with E-state index in [4.69, 9.17) is 4.74 Å². The van der Waals surface area contributed by atoms with E-state index >= 15 is 0 Å².